The molecule has 1 aromatic carbocycles. The Balaban J connectivity index is 3.17. The van der Waals surface area contributed by atoms with Gasteiger partial charge in [0.1, 0.15) is 0 Å². The van der Waals surface area contributed by atoms with Gasteiger partial charge in [0, 0.05) is 12.6 Å². The molecule has 1 aromatic rings. The fourth-order valence-corrected chi connectivity index (χ4v) is 3.76. The van der Waals surface area contributed by atoms with Crippen LogP contribution in [0.4, 0.5) is 0 Å². The van der Waals surface area contributed by atoms with E-state index in [9.17, 15) is 8.42 Å². The third-order valence-electron chi connectivity index (χ3n) is 3.28. The second kappa shape index (κ2) is 6.50. The lowest BCUT2D eigenvalue weighted by Crippen LogP contribution is -2.33. The van der Waals surface area contributed by atoms with Crippen molar-refractivity contribution in [2.24, 2.45) is 5.73 Å². The van der Waals surface area contributed by atoms with Gasteiger partial charge >= 0.3 is 0 Å². The van der Waals surface area contributed by atoms with Crippen molar-refractivity contribution in [2.75, 3.05) is 0 Å². The highest BCUT2D eigenvalue weighted by Gasteiger charge is 2.20. The Kier molecular flexibility index (Phi) is 5.52. The van der Waals surface area contributed by atoms with E-state index in [1.807, 2.05) is 33.8 Å². The van der Waals surface area contributed by atoms with Crippen LogP contribution in [0.2, 0.25) is 0 Å². The van der Waals surface area contributed by atoms with Gasteiger partial charge in [-0.25, -0.2) is 13.1 Å². The van der Waals surface area contributed by atoms with Crippen LogP contribution in [-0.2, 0) is 16.6 Å². The van der Waals surface area contributed by atoms with Gasteiger partial charge in [0.2, 0.25) is 10.0 Å². The average Bonchev–Trinajstić information content (AvgIpc) is 2.31. The molecule has 5 heteroatoms. The molecule has 4 nitrogen and oxygen atoms in total. The number of hydrogen-bond donors (Lipinski definition) is 2. The molecule has 0 aliphatic rings. The second-order valence-electron chi connectivity index (χ2n) is 5.05. The van der Waals surface area contributed by atoms with Gasteiger partial charge in [0.15, 0.2) is 0 Å². The summed E-state index contributed by atoms with van der Waals surface area (Å²) in [6, 6.07) is 3.55. The number of nitrogens with two attached hydrogens (primary N) is 1. The summed E-state index contributed by atoms with van der Waals surface area (Å²) in [5.41, 5.74) is 8.19. The fourth-order valence-electron chi connectivity index (χ4n) is 2.12. The Labute approximate surface area is 116 Å². The van der Waals surface area contributed by atoms with Crippen LogP contribution in [0.15, 0.2) is 17.0 Å². The summed E-state index contributed by atoms with van der Waals surface area (Å²) in [6.45, 7) is 8.00. The summed E-state index contributed by atoms with van der Waals surface area (Å²) in [7, 11) is -3.47. The maximum Gasteiger partial charge on any atom is 0.241 e. The average molecular weight is 284 g/mol. The highest BCUT2D eigenvalue weighted by Crippen LogP contribution is 2.21. The molecule has 0 aromatic heterocycles. The molecular formula is C14H24N2O2S. The molecule has 0 aliphatic carbocycles. The zero-order valence-corrected chi connectivity index (χ0v) is 13.0. The monoisotopic (exact) mass is 284 g/mol. The maximum atomic E-state index is 12.4. The Hall–Kier alpha value is -0.910. The van der Waals surface area contributed by atoms with Gasteiger partial charge in [-0.3, -0.25) is 0 Å². The number of aryl methyl sites for hydroxylation is 1. The quantitative estimate of drug-likeness (QED) is 0.841. The highest BCUT2D eigenvalue weighted by atomic mass is 32.2. The van der Waals surface area contributed by atoms with Crippen molar-refractivity contribution in [1.29, 1.82) is 0 Å². The van der Waals surface area contributed by atoms with Crippen molar-refractivity contribution in [3.05, 3.63) is 28.8 Å². The summed E-state index contributed by atoms with van der Waals surface area (Å²) in [4.78, 5) is 0.343. The van der Waals surface area contributed by atoms with E-state index in [-0.39, 0.29) is 6.04 Å². The van der Waals surface area contributed by atoms with Gasteiger partial charge in [0.25, 0.3) is 0 Å². The Morgan fingerprint density at radius 2 is 1.95 bits per heavy atom. The van der Waals surface area contributed by atoms with E-state index >= 15 is 0 Å². The molecule has 1 unspecified atom stereocenters. The van der Waals surface area contributed by atoms with Gasteiger partial charge in [-0.15, -0.1) is 0 Å². The summed E-state index contributed by atoms with van der Waals surface area (Å²) in [5, 5.41) is 0. The third kappa shape index (κ3) is 4.03. The lowest BCUT2D eigenvalue weighted by Gasteiger charge is -2.16. The Morgan fingerprint density at radius 1 is 1.32 bits per heavy atom. The molecule has 1 rings (SSSR count). The molecule has 1 atom stereocenters. The minimum absolute atomic E-state index is 0.0590. The largest absolute Gasteiger partial charge is 0.326 e. The molecule has 3 N–H and O–H groups in total. The molecule has 19 heavy (non-hydrogen) atoms. The molecule has 0 spiro atoms. The molecular weight excluding hydrogens is 260 g/mol. The van der Waals surface area contributed by atoms with Crippen LogP contribution in [0, 0.1) is 13.8 Å². The van der Waals surface area contributed by atoms with Crippen LogP contribution in [0.3, 0.4) is 0 Å². The molecule has 0 fully saturated rings. The van der Waals surface area contributed by atoms with Crippen molar-refractivity contribution < 1.29 is 8.42 Å². The van der Waals surface area contributed by atoms with Crippen LogP contribution >= 0.6 is 0 Å². The van der Waals surface area contributed by atoms with Crippen LogP contribution in [0.1, 0.15) is 43.4 Å². The van der Waals surface area contributed by atoms with E-state index in [1.54, 1.807) is 6.07 Å². The molecule has 0 aliphatic heterocycles. The molecule has 0 saturated carbocycles. The highest BCUT2D eigenvalue weighted by molar-refractivity contribution is 7.89. The summed E-state index contributed by atoms with van der Waals surface area (Å²) >= 11 is 0. The zero-order valence-electron chi connectivity index (χ0n) is 12.2. The molecule has 0 heterocycles. The Morgan fingerprint density at radius 3 is 2.47 bits per heavy atom. The van der Waals surface area contributed by atoms with Crippen molar-refractivity contribution in [2.45, 2.75) is 58.0 Å². The smallest absolute Gasteiger partial charge is 0.241 e. The van der Waals surface area contributed by atoms with E-state index in [1.165, 1.54) is 0 Å². The summed E-state index contributed by atoms with van der Waals surface area (Å²) < 4.78 is 27.5. The van der Waals surface area contributed by atoms with E-state index in [2.05, 4.69) is 4.72 Å². The molecule has 0 radical (unpaired) electrons. The van der Waals surface area contributed by atoms with E-state index in [4.69, 9.17) is 5.73 Å². The van der Waals surface area contributed by atoms with Crippen LogP contribution in [-0.4, -0.2) is 14.5 Å². The molecule has 0 saturated heterocycles. The van der Waals surface area contributed by atoms with E-state index < -0.39 is 10.0 Å². The van der Waals surface area contributed by atoms with Gasteiger partial charge in [-0.05, 0) is 49.9 Å². The first-order chi connectivity index (χ1) is 8.81. The summed E-state index contributed by atoms with van der Waals surface area (Å²) in [5.74, 6) is 0. The first-order valence-corrected chi connectivity index (χ1v) is 8.12. The van der Waals surface area contributed by atoms with Gasteiger partial charge in [0.05, 0.1) is 4.90 Å². The predicted octanol–water partition coefficient (Wildman–Crippen LogP) is 2.23. The van der Waals surface area contributed by atoms with Crippen molar-refractivity contribution >= 4 is 10.0 Å². The van der Waals surface area contributed by atoms with Gasteiger partial charge in [-0.2, -0.15) is 0 Å². The minimum atomic E-state index is -3.47. The second-order valence-corrected chi connectivity index (χ2v) is 6.73. The minimum Gasteiger partial charge on any atom is -0.326 e. The van der Waals surface area contributed by atoms with E-state index in [0.717, 1.165) is 29.5 Å². The zero-order chi connectivity index (χ0) is 14.6. The molecule has 0 amide bonds. The number of nitrogens with one attached hydrogen (secondary N) is 1. The SMILES string of the molecule is CCCC(C)NS(=O)(=O)c1cc(CN)cc(C)c1C. The summed E-state index contributed by atoms with van der Waals surface area (Å²) in [6.07, 6.45) is 1.78. The number of hydrogen-bond acceptors (Lipinski definition) is 3. The standard InChI is InChI=1S/C14H24N2O2S/c1-5-6-11(3)16-19(17,18)14-8-13(9-15)7-10(2)12(14)4/h7-8,11,16H,5-6,9,15H2,1-4H3. The normalized spacial score (nSPS) is 13.5. The van der Waals surface area contributed by atoms with Crippen LogP contribution in [0.25, 0.3) is 0 Å². The maximum absolute atomic E-state index is 12.4. The van der Waals surface area contributed by atoms with Crippen LogP contribution in [0.5, 0.6) is 0 Å². The first kappa shape index (κ1) is 16.1. The predicted molar refractivity (Wildman–Crippen MR) is 78.5 cm³/mol. The van der Waals surface area contributed by atoms with Crippen LogP contribution < -0.4 is 10.5 Å². The third-order valence-corrected chi connectivity index (χ3v) is 5.00. The molecule has 0 bridgehead atoms. The molecule has 108 valence electrons. The number of benzene rings is 1. The number of rotatable bonds is 6. The van der Waals surface area contributed by atoms with Gasteiger partial charge < -0.3 is 5.73 Å². The van der Waals surface area contributed by atoms with Crippen molar-refractivity contribution in [3.63, 3.8) is 0 Å². The topological polar surface area (TPSA) is 72.2 Å². The lowest BCUT2D eigenvalue weighted by atomic mass is 10.1. The van der Waals surface area contributed by atoms with E-state index in [0.29, 0.717) is 11.4 Å². The number of sulfonamides is 1. The van der Waals surface area contributed by atoms with Crippen molar-refractivity contribution in [3.8, 4) is 0 Å². The lowest BCUT2D eigenvalue weighted by molar-refractivity contribution is 0.543. The first-order valence-electron chi connectivity index (χ1n) is 6.64. The Bertz CT molecular complexity index is 539. The fraction of sp³-hybridized carbons (Fsp3) is 0.571. The van der Waals surface area contributed by atoms with Crippen molar-refractivity contribution in [1.82, 2.24) is 4.72 Å². The van der Waals surface area contributed by atoms with Gasteiger partial charge in [-0.1, -0.05) is 19.4 Å².